The third kappa shape index (κ3) is 8.65. The summed E-state index contributed by atoms with van der Waals surface area (Å²) in [7, 11) is 0. The summed E-state index contributed by atoms with van der Waals surface area (Å²) in [6, 6.07) is -1.34. The van der Waals surface area contributed by atoms with Gasteiger partial charge in [0.05, 0.1) is 12.2 Å². The molecule has 0 rings (SSSR count). The lowest BCUT2D eigenvalue weighted by atomic mass is 10.2. The fraction of sp³-hybridized carbons (Fsp3) is 0.818. The lowest BCUT2D eigenvalue weighted by Gasteiger charge is -2.23. The number of amides is 1. The zero-order valence-corrected chi connectivity index (χ0v) is 10.8. The Morgan fingerprint density at radius 3 is 2.29 bits per heavy atom. The van der Waals surface area contributed by atoms with Crippen molar-refractivity contribution in [3.8, 4) is 0 Å². The van der Waals surface area contributed by atoms with E-state index in [0.717, 1.165) is 0 Å². The molecule has 0 aromatic rings. The van der Waals surface area contributed by atoms with Crippen molar-refractivity contribution in [2.24, 2.45) is 5.73 Å². The van der Waals surface area contributed by atoms with Crippen LogP contribution in [0.4, 0.5) is 0 Å². The van der Waals surface area contributed by atoms with Gasteiger partial charge in [0.1, 0.15) is 0 Å². The summed E-state index contributed by atoms with van der Waals surface area (Å²) in [5, 5.41) is 11.3. The number of aliphatic carboxylic acids is 1. The number of nitrogens with two attached hydrogens (primary N) is 1. The van der Waals surface area contributed by atoms with Crippen LogP contribution < -0.4 is 11.1 Å². The van der Waals surface area contributed by atoms with Crippen molar-refractivity contribution in [1.82, 2.24) is 5.32 Å². The summed E-state index contributed by atoms with van der Waals surface area (Å²) in [6.07, 6.45) is 0.0965. The number of nitrogens with one attached hydrogen (secondary N) is 1. The van der Waals surface area contributed by atoms with E-state index in [1.54, 1.807) is 6.92 Å². The minimum absolute atomic E-state index is 0.0659. The van der Waals surface area contributed by atoms with Gasteiger partial charge in [-0.05, 0) is 27.7 Å². The van der Waals surface area contributed by atoms with Crippen LogP contribution in [0.15, 0.2) is 0 Å². The minimum atomic E-state index is -1.12. The molecule has 0 radical (unpaired) electrons. The Morgan fingerprint density at radius 2 is 1.94 bits per heavy atom. The maximum atomic E-state index is 11.4. The molecule has 0 fully saturated rings. The summed E-state index contributed by atoms with van der Waals surface area (Å²) in [5.74, 6) is -1.50. The summed E-state index contributed by atoms with van der Waals surface area (Å²) >= 11 is 0. The zero-order chi connectivity index (χ0) is 13.6. The van der Waals surface area contributed by atoms with Crippen LogP contribution in [0.3, 0.4) is 0 Å². The average Bonchev–Trinajstić information content (AvgIpc) is 2.08. The highest BCUT2D eigenvalue weighted by Gasteiger charge is 2.23. The van der Waals surface area contributed by atoms with Gasteiger partial charge in [-0.15, -0.1) is 0 Å². The Hall–Kier alpha value is -1.14. The second kappa shape index (κ2) is 6.56. The Balaban J connectivity index is 4.26. The quantitative estimate of drug-likeness (QED) is 0.617. The van der Waals surface area contributed by atoms with E-state index in [4.69, 9.17) is 15.6 Å². The monoisotopic (exact) mass is 246 g/mol. The summed E-state index contributed by atoms with van der Waals surface area (Å²) in [6.45, 7) is 7.06. The second-order valence-corrected chi connectivity index (χ2v) is 5.06. The number of carbonyl (C=O) groups is 2. The van der Waals surface area contributed by atoms with Crippen molar-refractivity contribution in [2.75, 3.05) is 6.61 Å². The zero-order valence-electron chi connectivity index (χ0n) is 10.8. The first-order valence-electron chi connectivity index (χ1n) is 5.53. The molecule has 0 aliphatic heterocycles. The lowest BCUT2D eigenvalue weighted by Crippen LogP contribution is -2.46. The van der Waals surface area contributed by atoms with Crippen molar-refractivity contribution < 1.29 is 19.4 Å². The Labute approximate surface area is 102 Å². The normalized spacial score (nSPS) is 15.1. The fourth-order valence-corrected chi connectivity index (χ4v) is 1.05. The van der Waals surface area contributed by atoms with Gasteiger partial charge in [-0.2, -0.15) is 0 Å². The fourth-order valence-electron chi connectivity index (χ4n) is 1.05. The molecule has 1 amide bonds. The van der Waals surface area contributed by atoms with Crippen LogP contribution in [0.5, 0.6) is 0 Å². The van der Waals surface area contributed by atoms with Gasteiger partial charge in [-0.1, -0.05) is 0 Å². The van der Waals surface area contributed by atoms with E-state index < -0.39 is 17.6 Å². The average molecular weight is 246 g/mol. The van der Waals surface area contributed by atoms with E-state index in [1.165, 1.54) is 0 Å². The molecule has 0 aromatic heterocycles. The number of carbonyl (C=O) groups excluding carboxylic acids is 1. The predicted octanol–water partition coefficient (Wildman–Crippen LogP) is 0.108. The van der Waals surface area contributed by atoms with E-state index in [9.17, 15) is 9.59 Å². The number of hydrogen-bond donors (Lipinski definition) is 3. The van der Waals surface area contributed by atoms with E-state index in [2.05, 4.69) is 5.32 Å². The number of carboxylic acids is 1. The summed E-state index contributed by atoms with van der Waals surface area (Å²) < 4.78 is 5.33. The molecule has 2 atom stereocenters. The van der Waals surface area contributed by atoms with Crippen LogP contribution in [0.25, 0.3) is 0 Å². The van der Waals surface area contributed by atoms with Crippen LogP contribution in [0.2, 0.25) is 0 Å². The van der Waals surface area contributed by atoms with Crippen LogP contribution in [-0.4, -0.2) is 41.3 Å². The van der Waals surface area contributed by atoms with Gasteiger partial charge < -0.3 is 20.9 Å². The Kier molecular flexibility index (Phi) is 6.12. The van der Waals surface area contributed by atoms with Gasteiger partial charge >= 0.3 is 5.97 Å². The first-order chi connectivity index (χ1) is 7.61. The van der Waals surface area contributed by atoms with Gasteiger partial charge in [0.25, 0.3) is 0 Å². The molecule has 0 aromatic carbocycles. The first kappa shape index (κ1) is 15.9. The molecule has 0 saturated carbocycles. The van der Waals surface area contributed by atoms with Crippen molar-refractivity contribution in [3.05, 3.63) is 0 Å². The SMILES string of the molecule is CC(N)CC(=O)N[C@@H](COC(C)(C)C)C(=O)O. The third-order valence-electron chi connectivity index (χ3n) is 1.82. The molecule has 0 heterocycles. The van der Waals surface area contributed by atoms with Gasteiger partial charge in [0.2, 0.25) is 5.91 Å². The van der Waals surface area contributed by atoms with E-state index in [1.807, 2.05) is 20.8 Å². The topological polar surface area (TPSA) is 102 Å². The minimum Gasteiger partial charge on any atom is -0.480 e. The number of ether oxygens (including phenoxy) is 1. The van der Waals surface area contributed by atoms with Crippen molar-refractivity contribution >= 4 is 11.9 Å². The van der Waals surface area contributed by atoms with Crippen molar-refractivity contribution in [2.45, 2.75) is 51.8 Å². The molecule has 1 unspecified atom stereocenters. The van der Waals surface area contributed by atoms with Crippen molar-refractivity contribution in [3.63, 3.8) is 0 Å². The highest BCUT2D eigenvalue weighted by atomic mass is 16.5. The molecule has 6 nitrogen and oxygen atoms in total. The molecule has 100 valence electrons. The van der Waals surface area contributed by atoms with Crippen LogP contribution in [0.1, 0.15) is 34.1 Å². The molecule has 0 aliphatic rings. The maximum Gasteiger partial charge on any atom is 0.328 e. The largest absolute Gasteiger partial charge is 0.480 e. The second-order valence-electron chi connectivity index (χ2n) is 5.06. The molecular formula is C11H22N2O4. The van der Waals surface area contributed by atoms with Crippen LogP contribution in [-0.2, 0) is 14.3 Å². The number of rotatable bonds is 6. The van der Waals surface area contributed by atoms with E-state index >= 15 is 0 Å². The molecule has 4 N–H and O–H groups in total. The van der Waals surface area contributed by atoms with E-state index in [0.29, 0.717) is 0 Å². The summed E-state index contributed by atoms with van der Waals surface area (Å²) in [4.78, 5) is 22.3. The number of hydrogen-bond acceptors (Lipinski definition) is 4. The van der Waals surface area contributed by atoms with E-state index in [-0.39, 0.29) is 25.0 Å². The van der Waals surface area contributed by atoms with Gasteiger partial charge in [0.15, 0.2) is 6.04 Å². The molecule has 0 spiro atoms. The van der Waals surface area contributed by atoms with Gasteiger partial charge in [-0.25, -0.2) is 4.79 Å². The lowest BCUT2D eigenvalue weighted by molar-refractivity contribution is -0.145. The van der Waals surface area contributed by atoms with Crippen LogP contribution >= 0.6 is 0 Å². The molecule has 0 bridgehead atoms. The standard InChI is InChI=1S/C11H22N2O4/c1-7(12)5-9(14)13-8(10(15)16)6-17-11(2,3)4/h7-8H,5-6,12H2,1-4H3,(H,13,14)(H,15,16)/t7?,8-/m0/s1. The molecular weight excluding hydrogens is 224 g/mol. The smallest absolute Gasteiger partial charge is 0.328 e. The third-order valence-corrected chi connectivity index (χ3v) is 1.82. The molecule has 6 heteroatoms. The maximum absolute atomic E-state index is 11.4. The predicted molar refractivity (Wildman–Crippen MR) is 63.5 cm³/mol. The molecule has 0 aliphatic carbocycles. The highest BCUT2D eigenvalue weighted by Crippen LogP contribution is 2.07. The first-order valence-corrected chi connectivity index (χ1v) is 5.53. The molecule has 0 saturated heterocycles. The van der Waals surface area contributed by atoms with Gasteiger partial charge in [-0.3, -0.25) is 4.79 Å². The van der Waals surface area contributed by atoms with Gasteiger partial charge in [0, 0.05) is 12.5 Å². The van der Waals surface area contributed by atoms with Crippen molar-refractivity contribution in [1.29, 1.82) is 0 Å². The Morgan fingerprint density at radius 1 is 1.41 bits per heavy atom. The molecule has 17 heavy (non-hydrogen) atoms. The Bertz CT molecular complexity index is 271. The highest BCUT2D eigenvalue weighted by molar-refractivity contribution is 5.83. The summed E-state index contributed by atoms with van der Waals surface area (Å²) in [5.41, 5.74) is 5.00. The van der Waals surface area contributed by atoms with Crippen LogP contribution in [0, 0.1) is 0 Å². The number of carboxylic acid groups (broad SMARTS) is 1.